The zero-order valence-electron chi connectivity index (χ0n) is 8.21. The first-order chi connectivity index (χ1) is 7.18. The summed E-state index contributed by atoms with van der Waals surface area (Å²) in [4.78, 5) is 10.6. The maximum absolute atomic E-state index is 10.6. The largest absolute Gasteiger partial charge is 0.480 e. The number of carboxylic acids is 1. The Kier molecular flexibility index (Phi) is 2.60. The van der Waals surface area contributed by atoms with Crippen molar-refractivity contribution in [1.29, 1.82) is 0 Å². The van der Waals surface area contributed by atoms with Crippen LogP contribution in [-0.4, -0.2) is 43.9 Å². The van der Waals surface area contributed by atoms with Gasteiger partial charge in [0.15, 0.2) is 5.82 Å². The number of aliphatic carboxylic acids is 1. The molecule has 0 bridgehead atoms. The summed E-state index contributed by atoms with van der Waals surface area (Å²) in [5, 5.41) is 19.7. The number of aromatic nitrogens is 4. The number of carbonyl (C=O) groups is 1. The Morgan fingerprint density at radius 1 is 1.73 bits per heavy atom. The average Bonchev–Trinajstić information content (AvgIpc) is 2.73. The highest BCUT2D eigenvalue weighted by Gasteiger charge is 2.29. The molecule has 0 amide bonds. The van der Waals surface area contributed by atoms with Gasteiger partial charge < -0.3 is 5.11 Å². The zero-order valence-corrected chi connectivity index (χ0v) is 8.21. The average molecular weight is 212 g/mol. The molecule has 0 aliphatic carbocycles. The molecule has 1 aliphatic rings. The molecule has 8 heteroatoms. The van der Waals surface area contributed by atoms with Gasteiger partial charge in [0.2, 0.25) is 0 Å². The van der Waals surface area contributed by atoms with Gasteiger partial charge in [0.1, 0.15) is 6.54 Å². The van der Waals surface area contributed by atoms with E-state index in [0.717, 1.165) is 0 Å². The third kappa shape index (κ3) is 1.95. The van der Waals surface area contributed by atoms with E-state index >= 15 is 0 Å². The summed E-state index contributed by atoms with van der Waals surface area (Å²) in [5.41, 5.74) is 6.02. The minimum Gasteiger partial charge on any atom is -0.480 e. The lowest BCUT2D eigenvalue weighted by atomic mass is 10.0. The Labute approximate surface area is 85.6 Å². The lowest BCUT2D eigenvalue weighted by molar-refractivity contribution is -0.138. The molecule has 2 rings (SSSR count). The third-order valence-electron chi connectivity index (χ3n) is 2.43. The van der Waals surface area contributed by atoms with Crippen molar-refractivity contribution in [3.63, 3.8) is 0 Å². The van der Waals surface area contributed by atoms with Gasteiger partial charge in [-0.15, -0.1) is 5.10 Å². The van der Waals surface area contributed by atoms with Crippen LogP contribution in [0.1, 0.15) is 18.7 Å². The van der Waals surface area contributed by atoms with Crippen LogP contribution < -0.4 is 10.9 Å². The summed E-state index contributed by atoms with van der Waals surface area (Å²) in [5.74, 6) is -0.253. The van der Waals surface area contributed by atoms with Crippen molar-refractivity contribution in [3.8, 4) is 0 Å². The maximum atomic E-state index is 10.6. The fraction of sp³-hybridized carbons (Fsp3) is 0.714. The van der Waals surface area contributed by atoms with Crippen LogP contribution in [0.3, 0.4) is 0 Å². The topological polar surface area (TPSA) is 105 Å². The Morgan fingerprint density at radius 2 is 2.53 bits per heavy atom. The van der Waals surface area contributed by atoms with E-state index in [1.165, 1.54) is 4.68 Å². The van der Waals surface area contributed by atoms with Crippen molar-refractivity contribution in [2.45, 2.75) is 25.4 Å². The number of carboxylic acid groups (broad SMARTS) is 1. The third-order valence-corrected chi connectivity index (χ3v) is 2.43. The number of hydrazine groups is 1. The standard InChI is InChI=1S/C7H12N6O2/c1-4-5(2-8-9-4)7-10-11-12-13(7)3-6(14)15/h4-5,8-9H,2-3H2,1H3,(H,14,15). The van der Waals surface area contributed by atoms with Crippen molar-refractivity contribution in [2.24, 2.45) is 0 Å². The van der Waals surface area contributed by atoms with Gasteiger partial charge in [-0.05, 0) is 17.4 Å². The summed E-state index contributed by atoms with van der Waals surface area (Å²) in [6.45, 7) is 2.48. The van der Waals surface area contributed by atoms with Crippen LogP contribution in [0.5, 0.6) is 0 Å². The summed E-state index contributed by atoms with van der Waals surface area (Å²) in [6.07, 6.45) is 0. The van der Waals surface area contributed by atoms with Gasteiger partial charge >= 0.3 is 5.97 Å². The lowest BCUT2D eigenvalue weighted by Gasteiger charge is -2.11. The van der Waals surface area contributed by atoms with Crippen molar-refractivity contribution in [1.82, 2.24) is 31.1 Å². The molecule has 2 atom stereocenters. The van der Waals surface area contributed by atoms with E-state index in [0.29, 0.717) is 12.4 Å². The first-order valence-electron chi connectivity index (χ1n) is 4.64. The number of tetrazole rings is 1. The van der Waals surface area contributed by atoms with Crippen LogP contribution in [-0.2, 0) is 11.3 Å². The van der Waals surface area contributed by atoms with Crippen LogP contribution in [0.2, 0.25) is 0 Å². The van der Waals surface area contributed by atoms with E-state index in [4.69, 9.17) is 5.11 Å². The second-order valence-corrected chi connectivity index (χ2v) is 3.51. The van der Waals surface area contributed by atoms with E-state index in [-0.39, 0.29) is 18.5 Å². The van der Waals surface area contributed by atoms with Crippen LogP contribution in [0, 0.1) is 0 Å². The van der Waals surface area contributed by atoms with Crippen molar-refractivity contribution >= 4 is 5.97 Å². The molecule has 8 nitrogen and oxygen atoms in total. The number of hydrogen-bond acceptors (Lipinski definition) is 6. The van der Waals surface area contributed by atoms with Crippen LogP contribution in [0.4, 0.5) is 0 Å². The minimum absolute atomic E-state index is 0.0966. The van der Waals surface area contributed by atoms with Crippen molar-refractivity contribution < 1.29 is 9.90 Å². The molecule has 82 valence electrons. The number of hydrogen-bond donors (Lipinski definition) is 3. The highest BCUT2D eigenvalue weighted by Crippen LogP contribution is 2.18. The maximum Gasteiger partial charge on any atom is 0.325 e. The van der Waals surface area contributed by atoms with Gasteiger partial charge in [0.05, 0.1) is 5.92 Å². The summed E-state index contributed by atoms with van der Waals surface area (Å²) < 4.78 is 1.32. The molecule has 1 aromatic rings. The van der Waals surface area contributed by atoms with Crippen molar-refractivity contribution in [3.05, 3.63) is 5.82 Å². The van der Waals surface area contributed by atoms with Gasteiger partial charge in [-0.2, -0.15) is 0 Å². The Balaban J connectivity index is 2.20. The van der Waals surface area contributed by atoms with E-state index in [2.05, 4.69) is 26.4 Å². The lowest BCUT2D eigenvalue weighted by Crippen LogP contribution is -2.29. The molecule has 1 aromatic heterocycles. The number of nitrogens with one attached hydrogen (secondary N) is 2. The molecule has 2 unspecified atom stereocenters. The molecular formula is C7H12N6O2. The van der Waals surface area contributed by atoms with Gasteiger partial charge in [0.25, 0.3) is 0 Å². The first-order valence-corrected chi connectivity index (χ1v) is 4.64. The molecule has 1 aliphatic heterocycles. The fourth-order valence-electron chi connectivity index (χ4n) is 1.64. The highest BCUT2D eigenvalue weighted by atomic mass is 16.4. The molecule has 0 saturated carbocycles. The highest BCUT2D eigenvalue weighted by molar-refractivity contribution is 5.66. The number of rotatable bonds is 3. The zero-order chi connectivity index (χ0) is 10.8. The Bertz CT molecular complexity index is 364. The summed E-state index contributed by atoms with van der Waals surface area (Å²) in [6, 6.07) is 0.184. The normalized spacial score (nSPS) is 25.7. The van der Waals surface area contributed by atoms with E-state index < -0.39 is 5.97 Å². The van der Waals surface area contributed by atoms with Crippen LogP contribution >= 0.6 is 0 Å². The molecule has 3 N–H and O–H groups in total. The van der Waals surface area contributed by atoms with Crippen LogP contribution in [0.15, 0.2) is 0 Å². The second kappa shape index (κ2) is 3.91. The van der Waals surface area contributed by atoms with Crippen LogP contribution in [0.25, 0.3) is 0 Å². The first kappa shape index (κ1) is 9.99. The fourth-order valence-corrected chi connectivity index (χ4v) is 1.64. The smallest absolute Gasteiger partial charge is 0.325 e. The van der Waals surface area contributed by atoms with E-state index in [1.807, 2.05) is 6.92 Å². The summed E-state index contributed by atoms with van der Waals surface area (Å²) >= 11 is 0. The van der Waals surface area contributed by atoms with Crippen molar-refractivity contribution in [2.75, 3.05) is 6.54 Å². The molecule has 2 heterocycles. The second-order valence-electron chi connectivity index (χ2n) is 3.51. The van der Waals surface area contributed by atoms with E-state index in [9.17, 15) is 4.79 Å². The predicted octanol–water partition coefficient (Wildman–Crippen LogP) is -1.66. The molecule has 0 spiro atoms. The quantitative estimate of drug-likeness (QED) is 0.550. The van der Waals surface area contributed by atoms with Gasteiger partial charge in [-0.3, -0.25) is 15.6 Å². The monoisotopic (exact) mass is 212 g/mol. The van der Waals surface area contributed by atoms with E-state index in [1.54, 1.807) is 0 Å². The minimum atomic E-state index is -0.949. The van der Waals surface area contributed by atoms with Gasteiger partial charge in [0, 0.05) is 12.6 Å². The number of nitrogens with zero attached hydrogens (tertiary/aromatic N) is 4. The molecule has 0 aromatic carbocycles. The molecular weight excluding hydrogens is 200 g/mol. The molecule has 15 heavy (non-hydrogen) atoms. The molecule has 1 fully saturated rings. The van der Waals surface area contributed by atoms with Gasteiger partial charge in [-0.25, -0.2) is 4.68 Å². The predicted molar refractivity (Wildman–Crippen MR) is 48.8 cm³/mol. The van der Waals surface area contributed by atoms with Gasteiger partial charge in [-0.1, -0.05) is 0 Å². The Hall–Kier alpha value is -1.54. The summed E-state index contributed by atoms with van der Waals surface area (Å²) in [7, 11) is 0. The Morgan fingerprint density at radius 3 is 3.13 bits per heavy atom. The molecule has 1 saturated heterocycles. The molecule has 0 radical (unpaired) electrons. The SMILES string of the molecule is CC1NNCC1c1nnnn1CC(=O)O.